The number of anilines is 1. The third-order valence-corrected chi connectivity index (χ3v) is 7.40. The summed E-state index contributed by atoms with van der Waals surface area (Å²) in [6, 6.07) is 23.2. The number of hydrogen-bond donors (Lipinski definition) is 1. The summed E-state index contributed by atoms with van der Waals surface area (Å²) in [5.74, 6) is 1.67. The van der Waals surface area contributed by atoms with Crippen LogP contribution < -0.4 is 10.1 Å². The highest BCUT2D eigenvalue weighted by Crippen LogP contribution is 2.25. The van der Waals surface area contributed by atoms with E-state index in [9.17, 15) is 9.35 Å². The van der Waals surface area contributed by atoms with Crippen molar-refractivity contribution in [2.45, 2.75) is 50.8 Å². The van der Waals surface area contributed by atoms with Crippen molar-refractivity contribution in [3.63, 3.8) is 0 Å². The number of hydrogen-bond acceptors (Lipinski definition) is 5. The van der Waals surface area contributed by atoms with Crippen LogP contribution in [0.2, 0.25) is 0 Å². The second-order valence-corrected chi connectivity index (χ2v) is 10.7. The quantitative estimate of drug-likeness (QED) is 0.163. The lowest BCUT2D eigenvalue weighted by Crippen LogP contribution is -2.13. The molecule has 39 heavy (non-hydrogen) atoms. The summed E-state index contributed by atoms with van der Waals surface area (Å²) >= 11 is -1.26. The van der Waals surface area contributed by atoms with E-state index < -0.39 is 11.2 Å². The number of carbonyl (C=O) groups is 1. The van der Waals surface area contributed by atoms with Crippen molar-refractivity contribution in [2.75, 3.05) is 11.9 Å². The molecule has 0 spiro atoms. The largest absolute Gasteiger partial charge is 0.611 e. The Hall–Kier alpha value is -3.88. The molecule has 4 aromatic rings. The van der Waals surface area contributed by atoms with Gasteiger partial charge in [-0.3, -0.25) is 4.79 Å². The maximum Gasteiger partial charge on any atom is 0.251 e. The Morgan fingerprint density at radius 1 is 1.03 bits per heavy atom. The molecule has 1 N–H and O–H groups in total. The predicted octanol–water partition coefficient (Wildman–Crippen LogP) is 6.49. The van der Waals surface area contributed by atoms with Crippen LogP contribution in [0.1, 0.15) is 45.0 Å². The normalized spacial score (nSPS) is 12.3. The van der Waals surface area contributed by atoms with Crippen LogP contribution in [0.4, 0.5) is 5.69 Å². The third-order valence-electron chi connectivity index (χ3n) is 6.08. The lowest BCUT2D eigenvalue weighted by molar-refractivity contribution is -0.112. The molecule has 1 aromatic heterocycles. The van der Waals surface area contributed by atoms with Crippen molar-refractivity contribution in [1.29, 1.82) is 0 Å². The number of benzene rings is 3. The van der Waals surface area contributed by atoms with E-state index in [1.54, 1.807) is 37.5 Å². The Bertz CT molecular complexity index is 1400. The number of amides is 1. The van der Waals surface area contributed by atoms with Gasteiger partial charge in [0.05, 0.1) is 6.61 Å². The number of rotatable bonds is 12. The average molecular weight is 543 g/mol. The smallest absolute Gasteiger partial charge is 0.251 e. The minimum atomic E-state index is -1.26. The first-order chi connectivity index (χ1) is 19.0. The highest BCUT2D eigenvalue weighted by Gasteiger charge is 2.17. The van der Waals surface area contributed by atoms with Crippen molar-refractivity contribution >= 4 is 28.8 Å². The number of carbonyl (C=O) groups excluding carboxylic acids is 1. The summed E-state index contributed by atoms with van der Waals surface area (Å²) in [5, 5.41) is 11.0. The van der Waals surface area contributed by atoms with Crippen molar-refractivity contribution in [2.24, 2.45) is 0 Å². The highest BCUT2D eigenvalue weighted by atomic mass is 32.2. The lowest BCUT2D eigenvalue weighted by Gasteiger charge is -2.12. The number of aromatic nitrogens is 3. The molecule has 1 heterocycles. The van der Waals surface area contributed by atoms with E-state index in [0.717, 1.165) is 41.8 Å². The molecule has 0 unspecified atom stereocenters. The van der Waals surface area contributed by atoms with Crippen LogP contribution in [-0.2, 0) is 28.3 Å². The molecule has 4 rings (SSSR count). The van der Waals surface area contributed by atoms with Crippen LogP contribution in [0.25, 0.3) is 17.2 Å². The van der Waals surface area contributed by atoms with E-state index in [0.29, 0.717) is 34.3 Å². The monoisotopic (exact) mass is 542 g/mol. The topological polar surface area (TPSA) is 92.1 Å². The standard InChI is InChI=1S/C31H34N4O3S/c1-4-17-35-22-32-34-30(35)21-39(37)29-15-11-27(12-16-29)33-31(36)23(3)19-24-7-6-8-26(20-24)25-9-13-28(14-10-25)38-18-5-2/h6-16,19-20,22H,4-5,17-18,21H2,1-3H3,(H,33,36)/b23-19+/t39-/m0/s1. The Labute approximate surface area is 233 Å². The molecule has 0 saturated carbocycles. The first-order valence-electron chi connectivity index (χ1n) is 13.1. The molecule has 1 atom stereocenters. The van der Waals surface area contributed by atoms with Crippen LogP contribution in [0.15, 0.2) is 89.6 Å². The zero-order valence-corrected chi connectivity index (χ0v) is 23.4. The van der Waals surface area contributed by atoms with Gasteiger partial charge in [0.15, 0.2) is 16.5 Å². The van der Waals surface area contributed by atoms with Gasteiger partial charge >= 0.3 is 0 Å². The maximum atomic E-state index is 12.9. The van der Waals surface area contributed by atoms with Gasteiger partial charge in [-0.1, -0.05) is 44.2 Å². The van der Waals surface area contributed by atoms with E-state index in [4.69, 9.17) is 4.74 Å². The van der Waals surface area contributed by atoms with Gasteiger partial charge in [-0.15, -0.1) is 10.2 Å². The second-order valence-electron chi connectivity index (χ2n) is 9.23. The van der Waals surface area contributed by atoms with E-state index in [1.807, 2.05) is 53.1 Å². The van der Waals surface area contributed by atoms with Gasteiger partial charge < -0.3 is 19.2 Å². The fraction of sp³-hybridized carbons (Fsp3) is 0.258. The molecule has 0 bridgehead atoms. The molecule has 0 aliphatic heterocycles. The summed E-state index contributed by atoms with van der Waals surface area (Å²) in [4.78, 5) is 13.5. The molecule has 1 amide bonds. The molecule has 0 radical (unpaired) electrons. The van der Waals surface area contributed by atoms with E-state index in [1.165, 1.54) is 0 Å². The van der Waals surface area contributed by atoms with Gasteiger partial charge in [0, 0.05) is 17.8 Å². The highest BCUT2D eigenvalue weighted by molar-refractivity contribution is 7.90. The van der Waals surface area contributed by atoms with Crippen LogP contribution in [-0.4, -0.2) is 31.8 Å². The van der Waals surface area contributed by atoms with Gasteiger partial charge in [0.25, 0.3) is 5.91 Å². The molecule has 0 fully saturated rings. The SMILES string of the molecule is CCCOc1ccc(-c2cccc(/C=C(\C)C(=O)Nc3ccc([S@@+]([O-])Cc4nncn4CCC)cc3)c2)cc1. The van der Waals surface area contributed by atoms with Crippen molar-refractivity contribution in [1.82, 2.24) is 14.8 Å². The molecular weight excluding hydrogens is 508 g/mol. The number of nitrogens with zero attached hydrogens (tertiary/aromatic N) is 3. The zero-order chi connectivity index (χ0) is 27.6. The first kappa shape index (κ1) is 28.1. The van der Waals surface area contributed by atoms with E-state index in [-0.39, 0.29) is 5.91 Å². The first-order valence-corrected chi connectivity index (χ1v) is 14.5. The lowest BCUT2D eigenvalue weighted by atomic mass is 10.0. The van der Waals surface area contributed by atoms with Crippen LogP contribution >= 0.6 is 0 Å². The Kier molecular flexibility index (Phi) is 9.94. The Balaban J connectivity index is 1.37. The zero-order valence-electron chi connectivity index (χ0n) is 22.6. The Morgan fingerprint density at radius 3 is 2.51 bits per heavy atom. The molecule has 0 saturated heterocycles. The molecular formula is C31H34N4O3S. The summed E-state index contributed by atoms with van der Waals surface area (Å²) in [6.07, 6.45) is 5.46. The van der Waals surface area contributed by atoms with E-state index >= 15 is 0 Å². The fourth-order valence-electron chi connectivity index (χ4n) is 4.03. The number of aryl methyl sites for hydroxylation is 1. The summed E-state index contributed by atoms with van der Waals surface area (Å²) in [7, 11) is 0. The molecule has 8 heteroatoms. The molecule has 3 aromatic carbocycles. The molecule has 0 aliphatic rings. The number of nitrogens with one attached hydrogen (secondary N) is 1. The van der Waals surface area contributed by atoms with Crippen LogP contribution in [0, 0.1) is 0 Å². The van der Waals surface area contributed by atoms with Crippen LogP contribution in [0.5, 0.6) is 5.75 Å². The molecule has 0 aliphatic carbocycles. The minimum absolute atomic E-state index is 0.195. The maximum absolute atomic E-state index is 12.9. The van der Waals surface area contributed by atoms with Gasteiger partial charge in [-0.25, -0.2) is 0 Å². The minimum Gasteiger partial charge on any atom is -0.611 e. The average Bonchev–Trinajstić information content (AvgIpc) is 3.39. The predicted molar refractivity (Wildman–Crippen MR) is 157 cm³/mol. The van der Waals surface area contributed by atoms with E-state index in [2.05, 4.69) is 35.4 Å². The van der Waals surface area contributed by atoms with Gasteiger partial charge in [-0.2, -0.15) is 0 Å². The van der Waals surface area contributed by atoms with Crippen molar-refractivity contribution < 1.29 is 14.1 Å². The van der Waals surface area contributed by atoms with Crippen molar-refractivity contribution in [3.05, 3.63) is 96.1 Å². The van der Waals surface area contributed by atoms with Gasteiger partial charge in [-0.05, 0) is 96.2 Å². The third kappa shape index (κ3) is 7.81. The second kappa shape index (κ2) is 13.8. The van der Waals surface area contributed by atoms with Gasteiger partial charge in [0.1, 0.15) is 12.1 Å². The van der Waals surface area contributed by atoms with Crippen molar-refractivity contribution in [3.8, 4) is 16.9 Å². The summed E-state index contributed by atoms with van der Waals surface area (Å²) < 4.78 is 20.4. The molecule has 7 nitrogen and oxygen atoms in total. The van der Waals surface area contributed by atoms with Crippen LogP contribution in [0.3, 0.4) is 0 Å². The van der Waals surface area contributed by atoms with Gasteiger partial charge in [0.2, 0.25) is 0 Å². The molecule has 202 valence electrons. The number of ether oxygens (including phenoxy) is 1. The summed E-state index contributed by atoms with van der Waals surface area (Å²) in [5.41, 5.74) is 4.31. The Morgan fingerprint density at radius 2 is 1.79 bits per heavy atom. The fourth-order valence-corrected chi connectivity index (χ4v) is 5.09. The summed E-state index contributed by atoms with van der Waals surface area (Å²) in [6.45, 7) is 7.45.